The van der Waals surface area contributed by atoms with Gasteiger partial charge >= 0.3 is 5.97 Å². The minimum atomic E-state index is -1.72. The van der Waals surface area contributed by atoms with Crippen LogP contribution in [0.5, 0.6) is 11.5 Å². The van der Waals surface area contributed by atoms with Crippen LogP contribution in [0.2, 0.25) is 0 Å². The van der Waals surface area contributed by atoms with Crippen LogP contribution >= 0.6 is 0 Å². The fourth-order valence-electron chi connectivity index (χ4n) is 2.69. The van der Waals surface area contributed by atoms with Gasteiger partial charge in [0.2, 0.25) is 5.91 Å². The van der Waals surface area contributed by atoms with Crippen LogP contribution in [0.3, 0.4) is 0 Å². The highest BCUT2D eigenvalue weighted by Crippen LogP contribution is 2.24. The van der Waals surface area contributed by atoms with E-state index in [2.05, 4.69) is 5.32 Å². The molecule has 1 aliphatic rings. The number of nitrogens with one attached hydrogen (secondary N) is 1. The summed E-state index contributed by atoms with van der Waals surface area (Å²) in [5, 5.41) is 59.3. The molecule has 2 rings (SSSR count). The molecule has 0 unspecified atom stereocenters. The predicted molar refractivity (Wildman–Crippen MR) is 95.6 cm³/mol. The fraction of sp³-hybridized carbons (Fsp3) is 0.556. The second-order valence-electron chi connectivity index (χ2n) is 6.64. The van der Waals surface area contributed by atoms with Gasteiger partial charge < -0.3 is 45.4 Å². The first-order chi connectivity index (χ1) is 13.7. The lowest BCUT2D eigenvalue weighted by Crippen LogP contribution is -2.58. The van der Waals surface area contributed by atoms with Gasteiger partial charge in [-0.3, -0.25) is 9.59 Å². The zero-order valence-corrected chi connectivity index (χ0v) is 15.5. The van der Waals surface area contributed by atoms with Gasteiger partial charge in [0.1, 0.15) is 31.0 Å². The summed E-state index contributed by atoms with van der Waals surface area (Å²) in [5.41, 5.74) is 0.709. The van der Waals surface area contributed by atoms with Crippen molar-refractivity contribution in [2.75, 3.05) is 13.2 Å². The highest BCUT2D eigenvalue weighted by molar-refractivity contribution is 5.81. The van der Waals surface area contributed by atoms with E-state index in [9.17, 15) is 40.2 Å². The Kier molecular flexibility index (Phi) is 8.17. The highest BCUT2D eigenvalue weighted by atomic mass is 16.6. The molecule has 29 heavy (non-hydrogen) atoms. The lowest BCUT2D eigenvalue weighted by atomic mass is 9.99. The molecule has 0 bridgehead atoms. The summed E-state index contributed by atoms with van der Waals surface area (Å²) in [6, 6.07) is 4.33. The normalized spacial score (nSPS) is 26.7. The number of aliphatic hydroxyl groups is 4. The Bertz CT molecular complexity index is 712. The Morgan fingerprint density at radius 3 is 2.41 bits per heavy atom. The third-order valence-corrected chi connectivity index (χ3v) is 4.43. The number of phenolic OH excluding ortho intramolecular Hbond substituents is 2. The number of aromatic hydroxyl groups is 2. The van der Waals surface area contributed by atoms with E-state index < -0.39 is 49.2 Å². The van der Waals surface area contributed by atoms with Crippen molar-refractivity contribution in [1.82, 2.24) is 5.32 Å². The Labute approximate surface area is 166 Å². The Morgan fingerprint density at radius 1 is 1.00 bits per heavy atom. The Hall–Kier alpha value is -2.44. The number of hydrogen-bond acceptors (Lipinski definition) is 10. The molecule has 0 radical (unpaired) electrons. The van der Waals surface area contributed by atoms with Gasteiger partial charge in [-0.25, -0.2) is 0 Å². The van der Waals surface area contributed by atoms with Crippen LogP contribution in [0.25, 0.3) is 0 Å². The molecule has 1 amide bonds. The Morgan fingerprint density at radius 2 is 1.72 bits per heavy atom. The van der Waals surface area contributed by atoms with Crippen molar-refractivity contribution >= 4 is 11.9 Å². The van der Waals surface area contributed by atoms with Gasteiger partial charge in [0.05, 0.1) is 6.42 Å². The molecule has 11 heteroatoms. The number of carbonyl (C=O) groups is 2. The summed E-state index contributed by atoms with van der Waals surface area (Å²) in [5.74, 6) is -1.62. The van der Waals surface area contributed by atoms with Gasteiger partial charge in [-0.2, -0.15) is 0 Å². The number of hydrogen-bond donors (Lipinski definition) is 7. The lowest BCUT2D eigenvalue weighted by Gasteiger charge is -2.37. The number of benzene rings is 1. The van der Waals surface area contributed by atoms with Crippen LogP contribution in [0, 0.1) is 0 Å². The molecule has 7 N–H and O–H groups in total. The van der Waals surface area contributed by atoms with E-state index in [4.69, 9.17) is 9.47 Å². The monoisotopic (exact) mass is 415 g/mol. The third-order valence-electron chi connectivity index (χ3n) is 4.43. The van der Waals surface area contributed by atoms with E-state index in [1.165, 1.54) is 12.1 Å². The fourth-order valence-corrected chi connectivity index (χ4v) is 2.69. The van der Waals surface area contributed by atoms with Gasteiger partial charge in [0.15, 0.2) is 17.8 Å². The maximum Gasteiger partial charge on any atom is 0.306 e. The maximum atomic E-state index is 11.8. The topological polar surface area (TPSA) is 186 Å². The molecule has 1 aromatic carbocycles. The van der Waals surface area contributed by atoms with Gasteiger partial charge in [0, 0.05) is 13.0 Å². The van der Waals surface area contributed by atoms with E-state index in [0.29, 0.717) is 12.0 Å². The zero-order chi connectivity index (χ0) is 21.6. The summed E-state index contributed by atoms with van der Waals surface area (Å²) in [6.07, 6.45) is -7.78. The number of esters is 1. The molecule has 1 fully saturated rings. The summed E-state index contributed by atoms with van der Waals surface area (Å²) in [4.78, 5) is 23.5. The van der Waals surface area contributed by atoms with E-state index in [-0.39, 0.29) is 30.9 Å². The number of amides is 1. The third kappa shape index (κ3) is 6.54. The van der Waals surface area contributed by atoms with Crippen LogP contribution in [0.4, 0.5) is 0 Å². The summed E-state index contributed by atoms with van der Waals surface area (Å²) >= 11 is 0. The van der Waals surface area contributed by atoms with Crippen LogP contribution in [-0.4, -0.2) is 86.4 Å². The van der Waals surface area contributed by atoms with E-state index in [1.54, 1.807) is 6.07 Å². The largest absolute Gasteiger partial charge is 0.504 e. The molecule has 11 nitrogen and oxygen atoms in total. The van der Waals surface area contributed by atoms with Crippen LogP contribution < -0.4 is 5.32 Å². The Balaban J connectivity index is 1.64. The van der Waals surface area contributed by atoms with Crippen LogP contribution in [0.15, 0.2) is 18.2 Å². The van der Waals surface area contributed by atoms with Gasteiger partial charge in [-0.15, -0.1) is 0 Å². The first-order valence-corrected chi connectivity index (χ1v) is 9.00. The first-order valence-electron chi connectivity index (χ1n) is 9.00. The highest BCUT2D eigenvalue weighted by Gasteiger charge is 2.43. The lowest BCUT2D eigenvalue weighted by molar-refractivity contribution is -0.287. The molecule has 0 spiro atoms. The molecule has 0 aliphatic carbocycles. The number of phenols is 2. The van der Waals surface area contributed by atoms with Crippen molar-refractivity contribution in [3.05, 3.63) is 23.8 Å². The molecule has 1 aliphatic heterocycles. The number of rotatable bonds is 8. The molecule has 5 atom stereocenters. The van der Waals surface area contributed by atoms with Crippen molar-refractivity contribution in [3.8, 4) is 11.5 Å². The minimum Gasteiger partial charge on any atom is -0.504 e. The van der Waals surface area contributed by atoms with Crippen LogP contribution in [-0.2, 0) is 25.5 Å². The average Bonchev–Trinajstić information content (AvgIpc) is 2.69. The van der Waals surface area contributed by atoms with Crippen molar-refractivity contribution in [1.29, 1.82) is 0 Å². The minimum absolute atomic E-state index is 0.141. The second kappa shape index (κ2) is 10.4. The van der Waals surface area contributed by atoms with E-state index in [1.807, 2.05) is 0 Å². The maximum absolute atomic E-state index is 11.8. The second-order valence-corrected chi connectivity index (χ2v) is 6.64. The predicted octanol–water partition coefficient (Wildman–Crippen LogP) is -2.12. The summed E-state index contributed by atoms with van der Waals surface area (Å²) < 4.78 is 9.75. The number of aliphatic hydroxyl groups excluding tert-OH is 4. The van der Waals surface area contributed by atoms with Crippen molar-refractivity contribution in [2.24, 2.45) is 0 Å². The smallest absolute Gasteiger partial charge is 0.306 e. The molecule has 0 saturated carbocycles. The van der Waals surface area contributed by atoms with Crippen molar-refractivity contribution < 1.29 is 49.7 Å². The standard InChI is InChI=1S/C18H25NO10/c20-10-2-1-9(7-11(10)21)5-6-19-13(22)3-4-14(23)28-8-12-15(24)16(25)17(26)18(27)29-12/h1-2,7,12,15-18,20-21,24-27H,3-6,8H2,(H,19,22)/t12-,15-,16+,17-,18+/m1/s1. The molecule has 1 heterocycles. The SMILES string of the molecule is O=C(CCC(=O)OC[C@H]1O[C@H](O)[C@H](O)[C@@H](O)[C@@H]1O)NCCc1ccc(O)c(O)c1. The molecular weight excluding hydrogens is 390 g/mol. The number of carbonyl (C=O) groups excluding carboxylic acids is 2. The van der Waals surface area contributed by atoms with Gasteiger partial charge in [-0.05, 0) is 24.1 Å². The summed E-state index contributed by atoms with van der Waals surface area (Å²) in [7, 11) is 0. The van der Waals surface area contributed by atoms with Crippen molar-refractivity contribution in [2.45, 2.75) is 50.0 Å². The first kappa shape index (κ1) is 22.8. The molecule has 1 aromatic rings. The average molecular weight is 415 g/mol. The molecule has 0 aromatic heterocycles. The van der Waals surface area contributed by atoms with E-state index >= 15 is 0 Å². The molecule has 1 saturated heterocycles. The quantitative estimate of drug-likeness (QED) is 0.183. The van der Waals surface area contributed by atoms with Crippen LogP contribution in [0.1, 0.15) is 18.4 Å². The zero-order valence-electron chi connectivity index (χ0n) is 15.5. The van der Waals surface area contributed by atoms with Gasteiger partial charge in [-0.1, -0.05) is 6.07 Å². The molecule has 162 valence electrons. The van der Waals surface area contributed by atoms with E-state index in [0.717, 1.165) is 0 Å². The van der Waals surface area contributed by atoms with Crippen molar-refractivity contribution in [3.63, 3.8) is 0 Å². The molecular formula is C18H25NO10. The number of ether oxygens (including phenoxy) is 2. The van der Waals surface area contributed by atoms with Gasteiger partial charge in [0.25, 0.3) is 0 Å². The summed E-state index contributed by atoms with van der Waals surface area (Å²) in [6.45, 7) is -0.203.